The summed E-state index contributed by atoms with van der Waals surface area (Å²) in [5, 5.41) is 4.05. The minimum atomic E-state index is -0.321. The molecule has 0 aliphatic carbocycles. The summed E-state index contributed by atoms with van der Waals surface area (Å²) in [5.74, 6) is 0.446. The van der Waals surface area contributed by atoms with Crippen LogP contribution in [0.4, 0.5) is 0 Å². The van der Waals surface area contributed by atoms with Crippen LogP contribution < -0.4 is 5.69 Å². The lowest BCUT2D eigenvalue weighted by molar-refractivity contribution is 0.0135. The lowest BCUT2D eigenvalue weighted by Crippen LogP contribution is -2.27. The Bertz CT molecular complexity index is 1230. The summed E-state index contributed by atoms with van der Waals surface area (Å²) in [7, 11) is 0. The quantitative estimate of drug-likeness (QED) is 0.365. The number of benzene rings is 2. The molecule has 3 atom stereocenters. The number of thioether (sulfide) groups is 1. The van der Waals surface area contributed by atoms with Gasteiger partial charge in [0.15, 0.2) is 5.82 Å². The molecular weight excluding hydrogens is 450 g/mol. The number of hydrogen-bond donors (Lipinski definition) is 0. The van der Waals surface area contributed by atoms with E-state index in [1.54, 1.807) is 28.6 Å². The third-order valence-corrected chi connectivity index (χ3v) is 7.18. The maximum Gasteiger partial charge on any atom is 0.350 e. The molecule has 0 radical (unpaired) electrons. The third kappa shape index (κ3) is 5.44. The van der Waals surface area contributed by atoms with Gasteiger partial charge in [-0.2, -0.15) is 10.1 Å². The summed E-state index contributed by atoms with van der Waals surface area (Å²) in [6.07, 6.45) is 5.35. The number of rotatable bonds is 9. The van der Waals surface area contributed by atoms with Crippen LogP contribution in [-0.2, 0) is 22.7 Å². The van der Waals surface area contributed by atoms with Gasteiger partial charge in [0.2, 0.25) is 0 Å². The topological polar surface area (TPSA) is 84.1 Å². The van der Waals surface area contributed by atoms with Crippen LogP contribution in [0, 0.1) is 0 Å². The predicted octanol–water partition coefficient (Wildman–Crippen LogP) is 3.63. The van der Waals surface area contributed by atoms with Crippen LogP contribution in [0.2, 0.25) is 0 Å². The summed E-state index contributed by atoms with van der Waals surface area (Å²) in [4.78, 5) is 20.9. The highest BCUT2D eigenvalue weighted by molar-refractivity contribution is 8.00. The maximum absolute atomic E-state index is 12.8. The van der Waals surface area contributed by atoms with E-state index in [-0.39, 0.29) is 22.4 Å². The molecular formula is C25H25N5O3S. The average Bonchev–Trinajstić information content (AvgIpc) is 3.55. The van der Waals surface area contributed by atoms with Gasteiger partial charge < -0.3 is 9.47 Å². The van der Waals surface area contributed by atoms with Crippen molar-refractivity contribution < 1.29 is 9.47 Å². The Morgan fingerprint density at radius 1 is 0.971 bits per heavy atom. The summed E-state index contributed by atoms with van der Waals surface area (Å²) >= 11 is 1.70. The third-order valence-electron chi connectivity index (χ3n) is 5.66. The number of nitrogens with zero attached hydrogens (tertiary/aromatic N) is 5. The van der Waals surface area contributed by atoms with Crippen molar-refractivity contribution in [1.29, 1.82) is 0 Å². The Balaban J connectivity index is 1.28. The first kappa shape index (κ1) is 22.5. The van der Waals surface area contributed by atoms with Crippen LogP contribution in [0.15, 0.2) is 90.4 Å². The molecule has 5 rings (SSSR count). The lowest BCUT2D eigenvalue weighted by Gasteiger charge is -2.19. The van der Waals surface area contributed by atoms with Crippen LogP contribution in [0.1, 0.15) is 22.9 Å². The van der Waals surface area contributed by atoms with Gasteiger partial charge in [-0.3, -0.25) is 4.57 Å². The molecule has 0 bridgehead atoms. The van der Waals surface area contributed by atoms with Crippen molar-refractivity contribution in [3.8, 4) is 5.82 Å². The Kier molecular flexibility index (Phi) is 7.13. The number of ether oxygens (including phenoxy) is 2. The summed E-state index contributed by atoms with van der Waals surface area (Å²) in [6, 6.07) is 22.0. The van der Waals surface area contributed by atoms with Gasteiger partial charge in [0.05, 0.1) is 36.5 Å². The van der Waals surface area contributed by atoms with E-state index in [2.05, 4.69) is 39.3 Å². The van der Waals surface area contributed by atoms with E-state index >= 15 is 0 Å². The van der Waals surface area contributed by atoms with Crippen molar-refractivity contribution in [2.75, 3.05) is 6.61 Å². The zero-order valence-electron chi connectivity index (χ0n) is 18.5. The van der Waals surface area contributed by atoms with E-state index in [1.807, 2.05) is 36.4 Å². The fourth-order valence-corrected chi connectivity index (χ4v) is 5.45. The van der Waals surface area contributed by atoms with Crippen molar-refractivity contribution in [2.24, 2.45) is 0 Å². The molecule has 2 aromatic carbocycles. The van der Waals surface area contributed by atoms with Gasteiger partial charge in [-0.05, 0) is 17.2 Å². The first-order chi connectivity index (χ1) is 16.8. The van der Waals surface area contributed by atoms with Crippen LogP contribution in [0.5, 0.6) is 0 Å². The molecule has 1 aliphatic heterocycles. The molecule has 0 N–H and O–H groups in total. The van der Waals surface area contributed by atoms with E-state index in [4.69, 9.17) is 9.47 Å². The normalized spacial score (nSPS) is 19.9. The highest BCUT2D eigenvalue weighted by Gasteiger charge is 2.37. The molecule has 2 aromatic heterocycles. The molecule has 0 unspecified atom stereocenters. The first-order valence-electron chi connectivity index (χ1n) is 11.1. The number of hydrogen-bond acceptors (Lipinski definition) is 7. The maximum atomic E-state index is 12.8. The molecule has 4 aromatic rings. The average molecular weight is 476 g/mol. The first-order valence-corrected chi connectivity index (χ1v) is 12.1. The molecule has 3 heterocycles. The zero-order chi connectivity index (χ0) is 23.2. The van der Waals surface area contributed by atoms with Crippen LogP contribution in [0.3, 0.4) is 0 Å². The molecule has 1 fully saturated rings. The summed E-state index contributed by atoms with van der Waals surface area (Å²) in [6.45, 7) is 1.60. The minimum Gasteiger partial charge on any atom is -0.376 e. The van der Waals surface area contributed by atoms with Crippen molar-refractivity contribution in [1.82, 2.24) is 24.3 Å². The minimum absolute atomic E-state index is 0.0483. The largest absolute Gasteiger partial charge is 0.376 e. The van der Waals surface area contributed by atoms with Gasteiger partial charge in [-0.15, -0.1) is 11.8 Å². The predicted molar refractivity (Wildman–Crippen MR) is 130 cm³/mol. The highest BCUT2D eigenvalue weighted by Crippen LogP contribution is 2.43. The monoisotopic (exact) mass is 475 g/mol. The van der Waals surface area contributed by atoms with Gasteiger partial charge in [-0.1, -0.05) is 60.7 Å². The van der Waals surface area contributed by atoms with E-state index < -0.39 is 0 Å². The van der Waals surface area contributed by atoms with E-state index in [9.17, 15) is 4.79 Å². The number of aromatic nitrogens is 5. The van der Waals surface area contributed by atoms with Crippen LogP contribution in [0.25, 0.3) is 5.82 Å². The Labute approximate surface area is 201 Å². The fourth-order valence-electron chi connectivity index (χ4n) is 3.92. The van der Waals surface area contributed by atoms with Gasteiger partial charge in [-0.25, -0.2) is 14.5 Å². The molecule has 0 amide bonds. The van der Waals surface area contributed by atoms with E-state index in [0.29, 0.717) is 32.1 Å². The Morgan fingerprint density at radius 3 is 2.38 bits per heavy atom. The molecule has 1 saturated heterocycles. The van der Waals surface area contributed by atoms with E-state index in [0.717, 1.165) is 11.1 Å². The van der Waals surface area contributed by atoms with Gasteiger partial charge in [0, 0.05) is 12.6 Å². The second-order valence-electron chi connectivity index (χ2n) is 8.02. The van der Waals surface area contributed by atoms with Crippen LogP contribution >= 0.6 is 11.8 Å². The molecule has 9 heteroatoms. The summed E-state index contributed by atoms with van der Waals surface area (Å²) in [5.41, 5.74) is 1.93. The van der Waals surface area contributed by atoms with Crippen LogP contribution in [-0.4, -0.2) is 42.3 Å². The SMILES string of the molecule is O=c1nc(-n2cncn2)ccn1[C@@H]1C[C@H](OCc2ccccc2)[C@H](COCc2ccccc2)S1. The smallest absolute Gasteiger partial charge is 0.350 e. The highest BCUT2D eigenvalue weighted by atomic mass is 32.2. The fraction of sp³-hybridized carbons (Fsp3) is 0.280. The second-order valence-corrected chi connectivity index (χ2v) is 9.44. The van der Waals surface area contributed by atoms with Gasteiger partial charge >= 0.3 is 5.69 Å². The van der Waals surface area contributed by atoms with E-state index in [1.165, 1.54) is 17.3 Å². The van der Waals surface area contributed by atoms with Crippen molar-refractivity contribution in [3.63, 3.8) is 0 Å². The standard InChI is InChI=1S/C25H25N5O3S/c31-25-28-23(30-18-26-17-27-30)11-12-29(25)24-13-21(33-15-20-9-5-2-6-10-20)22(34-24)16-32-14-19-7-3-1-4-8-19/h1-12,17-18,21-22,24H,13-16H2/t21-,22-,24-/m0/s1. The van der Waals surface area contributed by atoms with Crippen molar-refractivity contribution >= 4 is 11.8 Å². The van der Waals surface area contributed by atoms with Gasteiger partial charge in [0.25, 0.3) is 0 Å². The van der Waals surface area contributed by atoms with Crippen molar-refractivity contribution in [3.05, 3.63) is 107 Å². The molecule has 34 heavy (non-hydrogen) atoms. The summed E-state index contributed by atoms with van der Waals surface area (Å²) < 4.78 is 15.5. The molecule has 8 nitrogen and oxygen atoms in total. The van der Waals surface area contributed by atoms with Crippen molar-refractivity contribution in [2.45, 2.75) is 36.4 Å². The Morgan fingerprint density at radius 2 is 1.71 bits per heavy atom. The zero-order valence-corrected chi connectivity index (χ0v) is 19.3. The molecule has 0 saturated carbocycles. The molecule has 1 aliphatic rings. The molecule has 174 valence electrons. The Hall–Kier alpha value is -3.27. The molecule has 0 spiro atoms. The second kappa shape index (κ2) is 10.8. The lowest BCUT2D eigenvalue weighted by atomic mass is 10.1. The van der Waals surface area contributed by atoms with Gasteiger partial charge in [0.1, 0.15) is 12.7 Å².